The van der Waals surface area contributed by atoms with Crippen molar-refractivity contribution in [2.75, 3.05) is 23.7 Å². The Kier molecular flexibility index (Phi) is 3.98. The highest BCUT2D eigenvalue weighted by atomic mass is 19.1. The average molecular weight is 335 g/mol. The van der Waals surface area contributed by atoms with Crippen molar-refractivity contribution in [3.05, 3.63) is 17.2 Å². The Bertz CT molecular complexity index is 804. The normalized spacial score (nSPS) is 21.2. The number of fused-ring (bicyclic) bond motifs is 1. The van der Waals surface area contributed by atoms with E-state index in [1.165, 1.54) is 0 Å². The van der Waals surface area contributed by atoms with Crippen LogP contribution in [0.15, 0.2) is 6.07 Å². The first-order valence-corrected chi connectivity index (χ1v) is 7.88. The van der Waals surface area contributed by atoms with Crippen molar-refractivity contribution in [3.63, 3.8) is 0 Å². The maximum absolute atomic E-state index is 14.1. The number of carbonyl (C=O) groups is 1. The lowest BCUT2D eigenvalue weighted by Gasteiger charge is -2.35. The smallest absolute Gasteiger partial charge is 0.404 e. The van der Waals surface area contributed by atoms with Crippen LogP contribution in [0.5, 0.6) is 0 Å². The number of benzene rings is 1. The molecule has 7 nitrogen and oxygen atoms in total. The van der Waals surface area contributed by atoms with Crippen molar-refractivity contribution in [2.45, 2.75) is 32.5 Å². The molecule has 4 N–H and O–H groups in total. The number of imidazole rings is 1. The van der Waals surface area contributed by atoms with Gasteiger partial charge in [-0.3, -0.25) is 0 Å². The number of aryl methyl sites for hydroxylation is 3. The summed E-state index contributed by atoms with van der Waals surface area (Å²) in [7, 11) is 1.88. The van der Waals surface area contributed by atoms with Gasteiger partial charge in [0.05, 0.1) is 23.6 Å². The Labute approximate surface area is 139 Å². The molecule has 0 unspecified atom stereocenters. The zero-order valence-electron chi connectivity index (χ0n) is 14.0. The highest BCUT2D eigenvalue weighted by molar-refractivity contribution is 5.87. The van der Waals surface area contributed by atoms with E-state index in [1.807, 2.05) is 31.5 Å². The second kappa shape index (κ2) is 5.85. The number of nitrogens with one attached hydrogen (secondary N) is 1. The molecule has 1 aliphatic heterocycles. The molecule has 1 aromatic heterocycles. The average Bonchev–Trinajstić information content (AvgIpc) is 2.81. The van der Waals surface area contributed by atoms with Crippen molar-refractivity contribution in [2.24, 2.45) is 7.05 Å². The fourth-order valence-corrected chi connectivity index (χ4v) is 3.41. The molecule has 0 radical (unpaired) electrons. The molecule has 1 aliphatic rings. The molecule has 3 rings (SSSR count). The molecular formula is C16H22FN5O2. The van der Waals surface area contributed by atoms with Crippen LogP contribution in [0.1, 0.15) is 17.5 Å². The van der Waals surface area contributed by atoms with E-state index in [2.05, 4.69) is 10.3 Å². The summed E-state index contributed by atoms with van der Waals surface area (Å²) >= 11 is 0. The first-order chi connectivity index (χ1) is 11.3. The Balaban J connectivity index is 2.01. The van der Waals surface area contributed by atoms with Gasteiger partial charge in [-0.15, -0.1) is 0 Å². The topological polar surface area (TPSA) is 96.4 Å². The number of rotatable bonds is 2. The van der Waals surface area contributed by atoms with Crippen LogP contribution in [-0.2, 0) is 7.05 Å². The molecule has 2 aromatic rings. The molecule has 130 valence electrons. The van der Waals surface area contributed by atoms with E-state index in [4.69, 9.17) is 10.8 Å². The van der Waals surface area contributed by atoms with Gasteiger partial charge in [0.15, 0.2) is 0 Å². The predicted octanol–water partition coefficient (Wildman–Crippen LogP) is 1.96. The number of hydrogen-bond donors (Lipinski definition) is 3. The first-order valence-electron chi connectivity index (χ1n) is 7.88. The molecule has 0 spiro atoms. The minimum Gasteiger partial charge on any atom is -0.465 e. The molecule has 2 atom stereocenters. The highest BCUT2D eigenvalue weighted by Gasteiger charge is 2.30. The standard InChI is InChI=1S/C16H22FN5O2/c1-8-4-12-14(9(2)13(8)18)20-15(21(12)3)22-6-10(17)5-11(7-22)19-16(23)24/h4,10-11,19H,5-7,18H2,1-3H3,(H,23,24)/t10-,11-/m1/s1. The Morgan fingerprint density at radius 2 is 2.17 bits per heavy atom. The first kappa shape index (κ1) is 16.4. The number of piperidine rings is 1. The number of halogens is 1. The van der Waals surface area contributed by atoms with Gasteiger partial charge in [0.25, 0.3) is 0 Å². The number of hydrogen-bond acceptors (Lipinski definition) is 4. The van der Waals surface area contributed by atoms with E-state index in [9.17, 15) is 9.18 Å². The van der Waals surface area contributed by atoms with E-state index >= 15 is 0 Å². The monoisotopic (exact) mass is 335 g/mol. The lowest BCUT2D eigenvalue weighted by atomic mass is 10.0. The maximum atomic E-state index is 14.1. The van der Waals surface area contributed by atoms with Crippen LogP contribution < -0.4 is 16.0 Å². The van der Waals surface area contributed by atoms with E-state index in [-0.39, 0.29) is 13.0 Å². The molecule has 24 heavy (non-hydrogen) atoms. The highest BCUT2D eigenvalue weighted by Crippen LogP contribution is 2.31. The number of nitrogens with zero attached hydrogens (tertiary/aromatic N) is 3. The van der Waals surface area contributed by atoms with Gasteiger partial charge < -0.3 is 25.6 Å². The lowest BCUT2D eigenvalue weighted by molar-refractivity contribution is 0.180. The van der Waals surface area contributed by atoms with Crippen LogP contribution in [0.25, 0.3) is 11.0 Å². The summed E-state index contributed by atoms with van der Waals surface area (Å²) < 4.78 is 16.0. The molecule has 0 saturated carbocycles. The summed E-state index contributed by atoms with van der Waals surface area (Å²) in [6.07, 6.45) is -2.07. The van der Waals surface area contributed by atoms with Gasteiger partial charge >= 0.3 is 6.09 Å². The van der Waals surface area contributed by atoms with Crippen LogP contribution in [0.2, 0.25) is 0 Å². The molecule has 1 amide bonds. The number of amides is 1. The van der Waals surface area contributed by atoms with Gasteiger partial charge in [-0.2, -0.15) is 0 Å². The predicted molar refractivity (Wildman–Crippen MR) is 91.3 cm³/mol. The van der Waals surface area contributed by atoms with E-state index < -0.39 is 18.3 Å². The van der Waals surface area contributed by atoms with E-state index in [1.54, 1.807) is 4.90 Å². The summed E-state index contributed by atoms with van der Waals surface area (Å²) in [5.41, 5.74) is 10.4. The van der Waals surface area contributed by atoms with Gasteiger partial charge in [-0.05, 0) is 25.5 Å². The number of aromatic nitrogens is 2. The zero-order valence-corrected chi connectivity index (χ0v) is 14.0. The zero-order chi connectivity index (χ0) is 17.6. The largest absolute Gasteiger partial charge is 0.465 e. The number of nitrogen functional groups attached to an aromatic ring is 1. The number of alkyl halides is 1. The molecule has 2 heterocycles. The van der Waals surface area contributed by atoms with Crippen LogP contribution in [0.4, 0.5) is 20.8 Å². The van der Waals surface area contributed by atoms with Gasteiger partial charge in [-0.25, -0.2) is 14.2 Å². The van der Waals surface area contributed by atoms with Crippen LogP contribution in [-0.4, -0.2) is 46.1 Å². The van der Waals surface area contributed by atoms with Gasteiger partial charge in [0.2, 0.25) is 5.95 Å². The Morgan fingerprint density at radius 3 is 2.83 bits per heavy atom. The van der Waals surface area contributed by atoms with Gasteiger partial charge in [0, 0.05) is 31.3 Å². The van der Waals surface area contributed by atoms with Crippen LogP contribution in [0.3, 0.4) is 0 Å². The van der Waals surface area contributed by atoms with Gasteiger partial charge in [-0.1, -0.05) is 0 Å². The van der Waals surface area contributed by atoms with Crippen LogP contribution in [0, 0.1) is 13.8 Å². The lowest BCUT2D eigenvalue weighted by Crippen LogP contribution is -2.52. The van der Waals surface area contributed by atoms with Crippen molar-refractivity contribution in [1.29, 1.82) is 0 Å². The minimum absolute atomic E-state index is 0.178. The van der Waals surface area contributed by atoms with Crippen molar-refractivity contribution >= 4 is 28.8 Å². The third-order valence-electron chi connectivity index (χ3n) is 4.66. The van der Waals surface area contributed by atoms with Crippen molar-refractivity contribution < 1.29 is 14.3 Å². The summed E-state index contributed by atoms with van der Waals surface area (Å²) in [5, 5.41) is 11.3. The number of nitrogens with two attached hydrogens (primary N) is 1. The quantitative estimate of drug-likeness (QED) is 0.729. The molecule has 0 bridgehead atoms. The minimum atomic E-state index is -1.14. The Hall–Kier alpha value is -2.51. The molecule has 1 saturated heterocycles. The molecule has 8 heteroatoms. The number of anilines is 2. The van der Waals surface area contributed by atoms with Gasteiger partial charge in [0.1, 0.15) is 6.17 Å². The Morgan fingerprint density at radius 1 is 1.46 bits per heavy atom. The fraction of sp³-hybridized carbons (Fsp3) is 0.500. The summed E-state index contributed by atoms with van der Waals surface area (Å²) in [6, 6.07) is 1.51. The molecule has 0 aliphatic carbocycles. The third kappa shape index (κ3) is 2.72. The second-order valence-corrected chi connectivity index (χ2v) is 6.46. The van der Waals surface area contributed by atoms with E-state index in [0.29, 0.717) is 18.2 Å². The maximum Gasteiger partial charge on any atom is 0.404 e. The molecule has 1 aromatic carbocycles. The molecular weight excluding hydrogens is 313 g/mol. The molecule has 1 fully saturated rings. The van der Waals surface area contributed by atoms with Crippen molar-refractivity contribution in [1.82, 2.24) is 14.9 Å². The van der Waals surface area contributed by atoms with Crippen LogP contribution >= 0.6 is 0 Å². The summed E-state index contributed by atoms with van der Waals surface area (Å²) in [5.74, 6) is 0.623. The fourth-order valence-electron chi connectivity index (χ4n) is 3.41. The SMILES string of the molecule is Cc1cc2c(nc(N3C[C@H](F)C[C@@H](NC(=O)O)C3)n2C)c(C)c1N. The summed E-state index contributed by atoms with van der Waals surface area (Å²) in [6.45, 7) is 4.45. The summed E-state index contributed by atoms with van der Waals surface area (Å²) in [4.78, 5) is 17.3. The second-order valence-electron chi connectivity index (χ2n) is 6.46. The third-order valence-corrected chi connectivity index (χ3v) is 4.66. The van der Waals surface area contributed by atoms with Crippen molar-refractivity contribution in [3.8, 4) is 0 Å². The van der Waals surface area contributed by atoms with E-state index in [0.717, 1.165) is 22.2 Å². The number of carboxylic acid groups (broad SMARTS) is 1.